The summed E-state index contributed by atoms with van der Waals surface area (Å²) in [6.45, 7) is 4.58. The molecule has 2 aliphatic carbocycles. The molecule has 0 amide bonds. The fourth-order valence-corrected chi connectivity index (χ4v) is 10.0. The van der Waals surface area contributed by atoms with E-state index in [0.29, 0.717) is 3.63 Å². The van der Waals surface area contributed by atoms with E-state index in [9.17, 15) is 0 Å². The summed E-state index contributed by atoms with van der Waals surface area (Å²) in [6.07, 6.45) is 7.89. The Labute approximate surface area is 238 Å². The average Bonchev–Trinajstić information content (AvgIpc) is 3.51. The molecule has 0 saturated heterocycles. The Kier molecular flexibility index (Phi) is 8.46. The van der Waals surface area contributed by atoms with Gasteiger partial charge in [0.25, 0.3) is 0 Å². The minimum absolute atomic E-state index is 0. The zero-order valence-electron chi connectivity index (χ0n) is 20.4. The molecule has 4 aromatic carbocycles. The van der Waals surface area contributed by atoms with Crippen molar-refractivity contribution in [3.05, 3.63) is 148 Å². The van der Waals surface area contributed by atoms with Crippen molar-refractivity contribution < 1.29 is 47.6 Å². The van der Waals surface area contributed by atoms with Crippen molar-refractivity contribution in [3.8, 4) is 11.1 Å². The second kappa shape index (κ2) is 11.4. The molecule has 4 aromatic rings. The summed E-state index contributed by atoms with van der Waals surface area (Å²) < 4.78 is 2.08. The quantitative estimate of drug-likeness (QED) is 0.344. The van der Waals surface area contributed by atoms with E-state index in [4.69, 9.17) is 0 Å². The normalized spacial score (nSPS) is 14.6. The van der Waals surface area contributed by atoms with Crippen LogP contribution in [0.3, 0.4) is 0 Å². The van der Waals surface area contributed by atoms with Gasteiger partial charge in [0.05, 0.1) is 0 Å². The Morgan fingerprint density at radius 1 is 0.694 bits per heavy atom. The van der Waals surface area contributed by atoms with Crippen LogP contribution in [0.1, 0.15) is 49.0 Å². The summed E-state index contributed by atoms with van der Waals surface area (Å²) in [4.78, 5) is 0. The van der Waals surface area contributed by atoms with E-state index < -0.39 is 22.8 Å². The van der Waals surface area contributed by atoms with Crippen LogP contribution in [0.2, 0.25) is 0 Å². The summed E-state index contributed by atoms with van der Waals surface area (Å²) >= 11 is -1.11. The molecule has 0 N–H and O–H groups in total. The van der Waals surface area contributed by atoms with Gasteiger partial charge in [-0.1, -0.05) is 0 Å². The molecule has 0 fully saturated rings. The Bertz CT molecular complexity index is 1440. The molecule has 0 spiro atoms. The van der Waals surface area contributed by atoms with Gasteiger partial charge in [0.15, 0.2) is 0 Å². The number of aryl methyl sites for hydroxylation is 2. The SMILES string of the molecule is Cc1ccc2c(c1C1=CC=CC1)[CH]([Zr+2]=[C](c1ccccc1)c1ccccc1)c1cccc(C)c1-2.[Cl-].[Cl-]. The Balaban J connectivity index is 0.00000152. The minimum atomic E-state index is -1.11. The molecule has 3 heteroatoms. The topological polar surface area (TPSA) is 0 Å². The average molecular weight is 586 g/mol. The van der Waals surface area contributed by atoms with Gasteiger partial charge in [0, 0.05) is 0 Å². The fourth-order valence-electron chi connectivity index (χ4n) is 5.60. The van der Waals surface area contributed by atoms with E-state index in [1.165, 1.54) is 44.5 Å². The van der Waals surface area contributed by atoms with Crippen molar-refractivity contribution in [3.63, 3.8) is 0 Å². The predicted octanol–water partition coefficient (Wildman–Crippen LogP) is 2.08. The first-order valence-electron chi connectivity index (χ1n) is 12.1. The van der Waals surface area contributed by atoms with Crippen molar-refractivity contribution in [2.75, 3.05) is 0 Å². The molecule has 2 aliphatic rings. The van der Waals surface area contributed by atoms with Gasteiger partial charge in [-0.05, 0) is 0 Å². The predicted molar refractivity (Wildman–Crippen MR) is 141 cm³/mol. The molecule has 0 radical (unpaired) electrons. The van der Waals surface area contributed by atoms with Crippen molar-refractivity contribution >= 4 is 8.78 Å². The molecular formula is C33H27Cl2Zr. The van der Waals surface area contributed by atoms with Gasteiger partial charge >= 0.3 is 215 Å². The van der Waals surface area contributed by atoms with E-state index in [1.54, 1.807) is 14.3 Å². The third-order valence-corrected chi connectivity index (χ3v) is 11.4. The molecule has 1 unspecified atom stereocenters. The maximum Gasteiger partial charge on any atom is -1.00 e. The van der Waals surface area contributed by atoms with Crippen LogP contribution in [-0.2, 0) is 22.8 Å². The van der Waals surface area contributed by atoms with Crippen LogP contribution in [0.25, 0.3) is 16.7 Å². The zero-order chi connectivity index (χ0) is 23.1. The monoisotopic (exact) mass is 583 g/mol. The largest absolute Gasteiger partial charge is 1.00 e. The Morgan fingerprint density at radius 3 is 1.94 bits per heavy atom. The van der Waals surface area contributed by atoms with Gasteiger partial charge in [-0.2, -0.15) is 0 Å². The van der Waals surface area contributed by atoms with Crippen molar-refractivity contribution in [2.45, 2.75) is 23.9 Å². The van der Waals surface area contributed by atoms with E-state index in [-0.39, 0.29) is 24.8 Å². The van der Waals surface area contributed by atoms with E-state index >= 15 is 0 Å². The summed E-state index contributed by atoms with van der Waals surface area (Å²) in [6, 6.07) is 33.9. The van der Waals surface area contributed by atoms with Crippen LogP contribution in [0.15, 0.2) is 109 Å². The Morgan fingerprint density at radius 2 is 1.33 bits per heavy atom. The number of rotatable bonds is 4. The first-order valence-corrected chi connectivity index (χ1v) is 14.7. The maximum atomic E-state index is 2.40. The number of allylic oxidation sites excluding steroid dienone is 4. The number of hydrogen-bond donors (Lipinski definition) is 0. The molecule has 36 heavy (non-hydrogen) atoms. The molecule has 0 nitrogen and oxygen atoms in total. The van der Waals surface area contributed by atoms with Crippen LogP contribution in [-0.4, -0.2) is 3.21 Å². The standard InChI is InChI=1S/C20H17.C13H10.2ClH.Zr/c1-13-6-5-9-16-12-18-17(20(13)16)11-10-14(2)19(18)15-7-3-4-8-15;1-3-7-12(8-4-1)11-13-9-5-2-6-10-13;;;/h3-7,9-12H,8H2,1-2H3;1-10H;2*1H;/q;;;;+2/p-2. The molecule has 0 aliphatic heterocycles. The van der Waals surface area contributed by atoms with Gasteiger partial charge in [0.1, 0.15) is 0 Å². The molecule has 0 heterocycles. The fraction of sp³-hybridized carbons (Fsp3) is 0.121. The molecule has 0 saturated carbocycles. The van der Waals surface area contributed by atoms with Gasteiger partial charge in [0.2, 0.25) is 0 Å². The second-order valence-electron chi connectivity index (χ2n) is 9.27. The maximum absolute atomic E-state index is 2.40. The van der Waals surface area contributed by atoms with Gasteiger partial charge in [-0.3, -0.25) is 0 Å². The smallest absolute Gasteiger partial charge is 1.00 e. The molecular weight excluding hydrogens is 558 g/mol. The Hall–Kier alpha value is -2.31. The van der Waals surface area contributed by atoms with Crippen molar-refractivity contribution in [1.82, 2.24) is 0 Å². The molecule has 0 aromatic heterocycles. The number of fused-ring (bicyclic) bond motifs is 3. The van der Waals surface area contributed by atoms with Gasteiger partial charge < -0.3 is 24.8 Å². The van der Waals surface area contributed by atoms with Crippen LogP contribution >= 0.6 is 0 Å². The van der Waals surface area contributed by atoms with E-state index in [0.717, 1.165) is 6.42 Å². The number of hydrogen-bond acceptors (Lipinski definition) is 0. The first kappa shape index (κ1) is 26.7. The summed E-state index contributed by atoms with van der Waals surface area (Å²) in [7, 11) is 0. The summed E-state index contributed by atoms with van der Waals surface area (Å²) in [5, 5.41) is 0. The molecule has 0 bridgehead atoms. The molecule has 177 valence electrons. The van der Waals surface area contributed by atoms with E-state index in [1.807, 2.05) is 0 Å². The van der Waals surface area contributed by atoms with E-state index in [2.05, 4.69) is 123 Å². The number of halogens is 2. The minimum Gasteiger partial charge on any atom is -1.00 e. The van der Waals surface area contributed by atoms with Crippen LogP contribution in [0.5, 0.6) is 0 Å². The van der Waals surface area contributed by atoms with Crippen LogP contribution in [0.4, 0.5) is 0 Å². The zero-order valence-corrected chi connectivity index (χ0v) is 24.4. The second-order valence-corrected chi connectivity index (χ2v) is 12.6. The molecule has 6 rings (SSSR count). The van der Waals surface area contributed by atoms with Crippen molar-refractivity contribution in [2.24, 2.45) is 0 Å². The summed E-state index contributed by atoms with van der Waals surface area (Å²) in [5.41, 5.74) is 14.6. The number of benzene rings is 4. The third-order valence-electron chi connectivity index (χ3n) is 7.13. The van der Waals surface area contributed by atoms with Crippen molar-refractivity contribution in [1.29, 1.82) is 0 Å². The summed E-state index contributed by atoms with van der Waals surface area (Å²) in [5.74, 6) is 0. The first-order chi connectivity index (χ1) is 16.7. The van der Waals surface area contributed by atoms with Gasteiger partial charge in [-0.15, -0.1) is 0 Å². The van der Waals surface area contributed by atoms with Gasteiger partial charge in [-0.25, -0.2) is 0 Å². The van der Waals surface area contributed by atoms with Crippen LogP contribution < -0.4 is 24.8 Å². The third kappa shape index (κ3) is 4.70. The van der Waals surface area contributed by atoms with Crippen LogP contribution in [0, 0.1) is 13.8 Å². The molecule has 1 atom stereocenters.